The summed E-state index contributed by atoms with van der Waals surface area (Å²) in [6, 6.07) is 0. The van der Waals surface area contributed by atoms with Gasteiger partial charge in [0.05, 0.1) is 0 Å². The molecule has 0 N–H and O–H groups in total. The summed E-state index contributed by atoms with van der Waals surface area (Å²) < 4.78 is 1.62. The maximum absolute atomic E-state index is 2.52. The molecular formula is C14H31Sn. The van der Waals surface area contributed by atoms with Gasteiger partial charge in [-0.25, -0.2) is 0 Å². The summed E-state index contributed by atoms with van der Waals surface area (Å²) in [5.74, 6) is 0. The molecule has 91 valence electrons. The molecule has 1 radical (unpaired) electrons. The number of rotatable bonds is 11. The molecule has 0 spiro atoms. The first-order valence-corrected chi connectivity index (χ1v) is 14.8. The minimum absolute atomic E-state index is 0.727. The quantitative estimate of drug-likeness (QED) is 0.340. The molecule has 0 amide bonds. The fourth-order valence-electron chi connectivity index (χ4n) is 1.97. The Balaban J connectivity index is 2.87. The summed E-state index contributed by atoms with van der Waals surface area (Å²) in [6.45, 7) is 2.29. The Morgan fingerprint density at radius 1 is 0.600 bits per heavy atom. The average molecular weight is 318 g/mol. The van der Waals surface area contributed by atoms with Crippen molar-refractivity contribution in [3.8, 4) is 0 Å². The summed E-state index contributed by atoms with van der Waals surface area (Å²) in [5, 5.41) is 0. The van der Waals surface area contributed by atoms with Crippen molar-refractivity contribution >= 4 is 19.8 Å². The zero-order valence-corrected chi connectivity index (χ0v) is 14.1. The van der Waals surface area contributed by atoms with E-state index in [1.165, 1.54) is 64.2 Å². The van der Waals surface area contributed by atoms with Crippen molar-refractivity contribution < 1.29 is 0 Å². The normalized spacial score (nSPS) is 11.2. The molecule has 0 aromatic rings. The Morgan fingerprint density at radius 2 is 1.00 bits per heavy atom. The van der Waals surface area contributed by atoms with Gasteiger partial charge in [-0.05, 0) is 0 Å². The topological polar surface area (TPSA) is 0 Å². The Bertz CT molecular complexity index is 110. The van der Waals surface area contributed by atoms with Crippen LogP contribution in [-0.4, -0.2) is 19.8 Å². The third kappa shape index (κ3) is 14.8. The van der Waals surface area contributed by atoms with Crippen molar-refractivity contribution in [3.63, 3.8) is 0 Å². The van der Waals surface area contributed by atoms with E-state index < -0.39 is 19.8 Å². The second-order valence-electron chi connectivity index (χ2n) is 5.14. The van der Waals surface area contributed by atoms with Crippen LogP contribution in [0.4, 0.5) is 0 Å². The molecule has 0 atom stereocenters. The third-order valence-corrected chi connectivity index (χ3v) is 6.89. The SMILES string of the molecule is CCCCCCCCCCC[CH2][Sn]([CH3])[CH3]. The van der Waals surface area contributed by atoms with Gasteiger partial charge in [-0.15, -0.1) is 0 Å². The molecule has 0 unspecified atom stereocenters. The molecule has 1 heteroatoms. The van der Waals surface area contributed by atoms with Gasteiger partial charge in [0.1, 0.15) is 0 Å². The molecule has 0 aliphatic heterocycles. The van der Waals surface area contributed by atoms with E-state index >= 15 is 0 Å². The van der Waals surface area contributed by atoms with Crippen LogP contribution in [0.3, 0.4) is 0 Å². The van der Waals surface area contributed by atoms with E-state index in [1.807, 2.05) is 0 Å². The number of hydrogen-bond donors (Lipinski definition) is 0. The zero-order valence-electron chi connectivity index (χ0n) is 11.3. The Labute approximate surface area is 105 Å². The second-order valence-corrected chi connectivity index (χ2v) is 13.5. The van der Waals surface area contributed by atoms with Gasteiger partial charge < -0.3 is 0 Å². The van der Waals surface area contributed by atoms with Crippen LogP contribution in [0.25, 0.3) is 0 Å². The summed E-state index contributed by atoms with van der Waals surface area (Å²) in [6.07, 6.45) is 14.8. The molecule has 0 bridgehead atoms. The van der Waals surface area contributed by atoms with Crippen molar-refractivity contribution in [1.82, 2.24) is 0 Å². The van der Waals surface area contributed by atoms with Gasteiger partial charge in [-0.1, -0.05) is 0 Å². The molecule has 0 saturated carbocycles. The molecule has 0 aromatic heterocycles. The van der Waals surface area contributed by atoms with E-state index in [0.717, 1.165) is 0 Å². The Hall–Kier alpha value is 0.799. The summed E-state index contributed by atoms with van der Waals surface area (Å²) in [5.41, 5.74) is 0. The van der Waals surface area contributed by atoms with Gasteiger partial charge in [-0.3, -0.25) is 0 Å². The fraction of sp³-hybridized carbons (Fsp3) is 1.00. The molecule has 0 saturated heterocycles. The van der Waals surface area contributed by atoms with Crippen LogP contribution >= 0.6 is 0 Å². The Kier molecular flexibility index (Phi) is 13.6. The summed E-state index contributed by atoms with van der Waals surface area (Å²) in [4.78, 5) is 5.05. The van der Waals surface area contributed by atoms with Gasteiger partial charge in [0.2, 0.25) is 0 Å². The molecule has 0 fully saturated rings. The fourth-order valence-corrected chi connectivity index (χ4v) is 4.70. The van der Waals surface area contributed by atoms with Crippen LogP contribution in [0.15, 0.2) is 0 Å². The van der Waals surface area contributed by atoms with Gasteiger partial charge in [0.15, 0.2) is 0 Å². The molecule has 0 aliphatic carbocycles. The standard InChI is InChI=1S/C12H25.2CH3.Sn/c1-3-5-7-9-11-12-10-8-6-4-2;;;/h1,3-12H2,2H3;2*1H3;. The molecule has 0 nitrogen and oxygen atoms in total. The molecular weight excluding hydrogens is 287 g/mol. The van der Waals surface area contributed by atoms with Crippen molar-refractivity contribution in [2.45, 2.75) is 85.4 Å². The van der Waals surface area contributed by atoms with Crippen LogP contribution in [0.2, 0.25) is 14.3 Å². The molecule has 0 aliphatic rings. The van der Waals surface area contributed by atoms with Gasteiger partial charge in [-0.2, -0.15) is 0 Å². The molecule has 15 heavy (non-hydrogen) atoms. The van der Waals surface area contributed by atoms with Crippen LogP contribution in [-0.2, 0) is 0 Å². The van der Waals surface area contributed by atoms with Crippen molar-refractivity contribution in [1.29, 1.82) is 0 Å². The van der Waals surface area contributed by atoms with E-state index in [1.54, 1.807) is 4.44 Å². The predicted octanol–water partition coefficient (Wildman–Crippen LogP) is 5.66. The van der Waals surface area contributed by atoms with Gasteiger partial charge in [0, 0.05) is 0 Å². The van der Waals surface area contributed by atoms with E-state index in [0.29, 0.717) is 0 Å². The number of unbranched alkanes of at least 4 members (excludes halogenated alkanes) is 9. The van der Waals surface area contributed by atoms with Gasteiger partial charge >= 0.3 is 105 Å². The van der Waals surface area contributed by atoms with Gasteiger partial charge in [0.25, 0.3) is 0 Å². The monoisotopic (exact) mass is 319 g/mol. The van der Waals surface area contributed by atoms with Crippen LogP contribution in [0.1, 0.15) is 71.1 Å². The zero-order chi connectivity index (χ0) is 11.4. The third-order valence-electron chi connectivity index (χ3n) is 3.03. The van der Waals surface area contributed by atoms with E-state index in [-0.39, 0.29) is 0 Å². The minimum atomic E-state index is -0.727. The number of hydrogen-bond acceptors (Lipinski definition) is 0. The van der Waals surface area contributed by atoms with Crippen LogP contribution in [0, 0.1) is 0 Å². The van der Waals surface area contributed by atoms with E-state index in [2.05, 4.69) is 16.8 Å². The first kappa shape index (κ1) is 15.8. The summed E-state index contributed by atoms with van der Waals surface area (Å²) in [7, 11) is 0. The van der Waals surface area contributed by atoms with Crippen LogP contribution in [0.5, 0.6) is 0 Å². The van der Waals surface area contributed by atoms with Crippen molar-refractivity contribution in [2.24, 2.45) is 0 Å². The van der Waals surface area contributed by atoms with Crippen molar-refractivity contribution in [2.75, 3.05) is 0 Å². The van der Waals surface area contributed by atoms with E-state index in [4.69, 9.17) is 0 Å². The first-order valence-electron chi connectivity index (χ1n) is 7.06. The molecule has 0 rings (SSSR count). The summed E-state index contributed by atoms with van der Waals surface area (Å²) >= 11 is -0.727. The second kappa shape index (κ2) is 12.9. The molecule has 0 aromatic carbocycles. The van der Waals surface area contributed by atoms with Crippen LogP contribution < -0.4 is 0 Å². The van der Waals surface area contributed by atoms with E-state index in [9.17, 15) is 0 Å². The molecule has 0 heterocycles. The van der Waals surface area contributed by atoms with Crippen molar-refractivity contribution in [3.05, 3.63) is 0 Å². The average Bonchev–Trinajstić information content (AvgIpc) is 2.20. The first-order chi connectivity index (χ1) is 7.27. The predicted molar refractivity (Wildman–Crippen MR) is 74.1 cm³/mol. The Morgan fingerprint density at radius 3 is 1.40 bits per heavy atom. The maximum atomic E-state index is 2.52.